The fourth-order valence-corrected chi connectivity index (χ4v) is 6.05. The summed E-state index contributed by atoms with van der Waals surface area (Å²) in [6.07, 6.45) is 26.9. The summed E-state index contributed by atoms with van der Waals surface area (Å²) in [6, 6.07) is -1.58. The molecule has 6 atom stereocenters. The molecule has 0 aliphatic heterocycles. The average Bonchev–Trinajstić information content (AvgIpc) is 3.16. The quantitative estimate of drug-likeness (QED) is 0.0158. The Balaban J connectivity index is 4.77. The highest BCUT2D eigenvalue weighted by Crippen LogP contribution is 2.43. The molecule has 0 radical (unpaired) electrons. The molecule has 0 heterocycles. The van der Waals surface area contributed by atoms with Crippen LogP contribution in [0.1, 0.15) is 142 Å². The molecule has 0 rings (SSSR count). The Hall–Kier alpha value is -2.68. The Bertz CT molecular complexity index is 1190. The Morgan fingerprint density at radius 1 is 0.625 bits per heavy atom. The highest BCUT2D eigenvalue weighted by Gasteiger charge is 2.28. The van der Waals surface area contributed by atoms with Gasteiger partial charge in [-0.25, -0.2) is 4.57 Å². The fourth-order valence-electron chi connectivity index (χ4n) is 5.27. The van der Waals surface area contributed by atoms with E-state index < -0.39 is 76.0 Å². The summed E-state index contributed by atoms with van der Waals surface area (Å²) in [5, 5.41) is 39.3. The minimum atomic E-state index is -4.81. The molecule has 0 saturated carbocycles. The minimum absolute atomic E-state index is 0.0499. The van der Waals surface area contributed by atoms with Crippen molar-refractivity contribution in [3.63, 3.8) is 0 Å². The number of phosphoric acid groups is 1. The first kappa shape index (κ1) is 53.3. The van der Waals surface area contributed by atoms with Crippen LogP contribution in [0.4, 0.5) is 0 Å². The molecule has 56 heavy (non-hydrogen) atoms. The van der Waals surface area contributed by atoms with E-state index >= 15 is 0 Å². The number of phosphoric ester groups is 1. The number of hydrogen-bond donors (Lipinski definition) is 6. The molecule has 0 aromatic heterocycles. The number of carboxylic acids is 1. The lowest BCUT2D eigenvalue weighted by Crippen LogP contribution is -2.34. The SMILES string of the molecule is CCCCCCCCCCCCCCC(=O)OC[C@H](COP(=O)(O)OC[C@H](N)C(=O)O)OC(=O)CCC[C@H](O)[C@@H](O)/C=C/C=C/C=C\C=C\[C@@H](O)CCCCC. The smallest absolute Gasteiger partial charge is 0.472 e. The van der Waals surface area contributed by atoms with Crippen LogP contribution in [0, 0.1) is 0 Å². The summed E-state index contributed by atoms with van der Waals surface area (Å²) in [6.45, 7) is 2.32. The summed E-state index contributed by atoms with van der Waals surface area (Å²) < 4.78 is 32.4. The van der Waals surface area contributed by atoms with Crippen molar-refractivity contribution in [3.05, 3.63) is 48.6 Å². The van der Waals surface area contributed by atoms with Crippen molar-refractivity contribution in [2.24, 2.45) is 5.73 Å². The van der Waals surface area contributed by atoms with Crippen LogP contribution in [0.3, 0.4) is 0 Å². The average molecular weight is 818 g/mol. The summed E-state index contributed by atoms with van der Waals surface area (Å²) >= 11 is 0. The maximum absolute atomic E-state index is 12.6. The molecule has 14 nitrogen and oxygen atoms in total. The molecule has 0 fully saturated rings. The van der Waals surface area contributed by atoms with Gasteiger partial charge in [0.15, 0.2) is 6.10 Å². The van der Waals surface area contributed by atoms with E-state index in [1.807, 2.05) is 0 Å². The van der Waals surface area contributed by atoms with Crippen LogP contribution in [0.25, 0.3) is 0 Å². The first-order valence-corrected chi connectivity index (χ1v) is 22.0. The second-order valence-electron chi connectivity index (χ2n) is 14.0. The van der Waals surface area contributed by atoms with E-state index in [1.54, 1.807) is 42.5 Å². The number of aliphatic carboxylic acids is 1. The van der Waals surface area contributed by atoms with Crippen molar-refractivity contribution in [2.75, 3.05) is 19.8 Å². The van der Waals surface area contributed by atoms with Crippen LogP contribution in [0.5, 0.6) is 0 Å². The zero-order valence-corrected chi connectivity index (χ0v) is 34.7. The Kier molecular flexibility index (Phi) is 33.8. The van der Waals surface area contributed by atoms with E-state index in [-0.39, 0.29) is 25.7 Å². The van der Waals surface area contributed by atoms with E-state index in [2.05, 4.69) is 18.4 Å². The number of ether oxygens (including phenoxy) is 2. The number of nitrogens with two attached hydrogens (primary N) is 1. The van der Waals surface area contributed by atoms with Gasteiger partial charge in [-0.2, -0.15) is 0 Å². The van der Waals surface area contributed by atoms with E-state index in [0.29, 0.717) is 6.42 Å². The van der Waals surface area contributed by atoms with Crippen molar-refractivity contribution in [3.8, 4) is 0 Å². The summed E-state index contributed by atoms with van der Waals surface area (Å²) in [5.74, 6) is -2.76. The van der Waals surface area contributed by atoms with E-state index in [1.165, 1.54) is 57.4 Å². The maximum Gasteiger partial charge on any atom is 0.472 e. The predicted molar refractivity (Wildman–Crippen MR) is 216 cm³/mol. The zero-order chi connectivity index (χ0) is 41.9. The number of unbranched alkanes of at least 4 members (excludes halogenated alkanes) is 13. The van der Waals surface area contributed by atoms with Crippen LogP contribution in [-0.2, 0) is 37.5 Å². The fraction of sp³-hybridized carbons (Fsp3) is 0.732. The number of allylic oxidation sites excluding steroid dienone is 6. The lowest BCUT2D eigenvalue weighted by Gasteiger charge is -2.20. The number of rotatable bonds is 37. The third kappa shape index (κ3) is 33.5. The molecule has 1 unspecified atom stereocenters. The molecule has 15 heteroatoms. The van der Waals surface area contributed by atoms with Gasteiger partial charge in [-0.1, -0.05) is 152 Å². The van der Waals surface area contributed by atoms with Gasteiger partial charge in [0.25, 0.3) is 0 Å². The largest absolute Gasteiger partial charge is 0.480 e. The minimum Gasteiger partial charge on any atom is -0.480 e. The van der Waals surface area contributed by atoms with Gasteiger partial charge in [-0.05, 0) is 25.7 Å². The third-order valence-corrected chi connectivity index (χ3v) is 9.65. The number of hydrogen-bond acceptors (Lipinski definition) is 12. The van der Waals surface area contributed by atoms with Crippen molar-refractivity contribution in [1.82, 2.24) is 0 Å². The first-order chi connectivity index (χ1) is 26.8. The summed E-state index contributed by atoms with van der Waals surface area (Å²) in [4.78, 5) is 45.9. The molecular formula is C41H72NO13P. The topological polar surface area (TPSA) is 232 Å². The Morgan fingerprint density at radius 3 is 1.71 bits per heavy atom. The second kappa shape index (κ2) is 35.5. The van der Waals surface area contributed by atoms with Gasteiger partial charge < -0.3 is 40.5 Å². The molecular weight excluding hydrogens is 745 g/mol. The highest BCUT2D eigenvalue weighted by molar-refractivity contribution is 7.47. The number of esters is 2. The molecule has 0 aliphatic carbocycles. The van der Waals surface area contributed by atoms with Gasteiger partial charge >= 0.3 is 25.7 Å². The summed E-state index contributed by atoms with van der Waals surface area (Å²) in [5.41, 5.74) is 5.30. The van der Waals surface area contributed by atoms with E-state index in [0.717, 1.165) is 44.9 Å². The lowest BCUT2D eigenvalue weighted by molar-refractivity contribution is -0.161. The molecule has 0 aromatic rings. The highest BCUT2D eigenvalue weighted by atomic mass is 31.2. The predicted octanol–water partition coefficient (Wildman–Crippen LogP) is 7.14. The maximum atomic E-state index is 12.6. The van der Waals surface area contributed by atoms with Crippen LogP contribution in [-0.4, -0.2) is 93.5 Å². The van der Waals surface area contributed by atoms with Crippen molar-refractivity contribution in [2.45, 2.75) is 173 Å². The van der Waals surface area contributed by atoms with Gasteiger partial charge in [-0.3, -0.25) is 23.4 Å². The zero-order valence-electron chi connectivity index (χ0n) is 33.8. The number of carboxylic acid groups (broad SMARTS) is 1. The lowest BCUT2D eigenvalue weighted by atomic mass is 10.0. The number of carbonyl (C=O) groups is 3. The van der Waals surface area contributed by atoms with Crippen molar-refractivity contribution >= 4 is 25.7 Å². The molecule has 0 aliphatic rings. The van der Waals surface area contributed by atoms with E-state index in [4.69, 9.17) is 24.8 Å². The normalized spacial score (nSPS) is 16.0. The number of carbonyl (C=O) groups excluding carboxylic acids is 2. The molecule has 0 saturated heterocycles. The van der Waals surface area contributed by atoms with Crippen molar-refractivity contribution in [1.29, 1.82) is 0 Å². The molecule has 0 amide bonds. The van der Waals surface area contributed by atoms with Crippen LogP contribution in [0.2, 0.25) is 0 Å². The van der Waals surface area contributed by atoms with Gasteiger partial charge in [0, 0.05) is 12.8 Å². The van der Waals surface area contributed by atoms with Crippen LogP contribution < -0.4 is 5.73 Å². The van der Waals surface area contributed by atoms with Crippen molar-refractivity contribution < 1.29 is 62.8 Å². The number of aliphatic hydroxyl groups is 3. The third-order valence-electron chi connectivity index (χ3n) is 8.70. The molecule has 324 valence electrons. The molecule has 7 N–H and O–H groups in total. The molecule has 0 spiro atoms. The molecule has 0 bridgehead atoms. The van der Waals surface area contributed by atoms with Crippen LogP contribution >= 0.6 is 7.82 Å². The van der Waals surface area contributed by atoms with Gasteiger partial charge in [0.1, 0.15) is 12.6 Å². The monoisotopic (exact) mass is 817 g/mol. The first-order valence-electron chi connectivity index (χ1n) is 20.5. The van der Waals surface area contributed by atoms with E-state index in [9.17, 15) is 39.2 Å². The Morgan fingerprint density at radius 2 is 1.12 bits per heavy atom. The number of aliphatic hydroxyl groups excluding tert-OH is 3. The summed E-state index contributed by atoms with van der Waals surface area (Å²) in [7, 11) is -4.81. The van der Waals surface area contributed by atoms with Gasteiger partial charge in [-0.15, -0.1) is 0 Å². The standard InChI is InChI=1S/C41H72NO13P/c1-3-5-7-8-9-10-11-12-13-14-19-23-29-39(46)52-31-35(32-53-56(50,51)54-33-36(42)41(48)49)55-40(47)30-24-28-38(45)37(44)27-22-18-16-15-17-21-26-34(43)25-20-6-4-2/h15-18,21-22,26-27,34-38,43-45H,3-14,19-20,23-25,28-33,42H2,1-2H3,(H,48,49)(H,50,51)/b17-15-,18-16+,26-21+,27-22+/t34-,35+,36-,37-,38-/m0/s1. The second-order valence-corrected chi connectivity index (χ2v) is 15.4. The van der Waals surface area contributed by atoms with Crippen LogP contribution in [0.15, 0.2) is 48.6 Å². The molecule has 0 aromatic carbocycles. The Labute approximate surface area is 334 Å². The van der Waals surface area contributed by atoms with Gasteiger partial charge in [0.2, 0.25) is 0 Å². The van der Waals surface area contributed by atoms with Gasteiger partial charge in [0.05, 0.1) is 31.5 Å².